The van der Waals surface area contributed by atoms with Gasteiger partial charge in [-0.05, 0) is 27.2 Å². The molecule has 1 unspecified atom stereocenters. The second-order valence-electron chi connectivity index (χ2n) is 5.89. The number of halogens is 1. The van der Waals surface area contributed by atoms with E-state index in [9.17, 15) is 9.59 Å². The normalized spacial score (nSPS) is 21.6. The smallest absolute Gasteiger partial charge is 0.246 e. The van der Waals surface area contributed by atoms with Crippen molar-refractivity contribution in [2.24, 2.45) is 7.05 Å². The highest BCUT2D eigenvalue weighted by molar-refractivity contribution is 6.31. The van der Waals surface area contributed by atoms with Crippen molar-refractivity contribution in [3.63, 3.8) is 0 Å². The van der Waals surface area contributed by atoms with Crippen LogP contribution >= 0.6 is 11.6 Å². The molecular formula is C14H21ClN4O2. The van der Waals surface area contributed by atoms with E-state index in [2.05, 4.69) is 10.4 Å². The van der Waals surface area contributed by atoms with Crippen molar-refractivity contribution in [2.75, 3.05) is 0 Å². The predicted molar refractivity (Wildman–Crippen MR) is 79.8 cm³/mol. The summed E-state index contributed by atoms with van der Waals surface area (Å²) in [6.07, 6.45) is 0.565. The van der Waals surface area contributed by atoms with Crippen molar-refractivity contribution < 1.29 is 9.59 Å². The molecule has 1 N–H and O–H groups in total. The zero-order valence-electron chi connectivity index (χ0n) is 13.0. The van der Waals surface area contributed by atoms with E-state index in [1.54, 1.807) is 30.5 Å². The first-order chi connectivity index (χ1) is 9.70. The van der Waals surface area contributed by atoms with E-state index < -0.39 is 11.6 Å². The van der Waals surface area contributed by atoms with E-state index in [-0.39, 0.29) is 18.4 Å². The fourth-order valence-corrected chi connectivity index (χ4v) is 2.76. The SMILES string of the molecule is CCC1NC(=O)C(C)(C)N(Cc2c(Cl)c(C)nn2C)C1=O. The summed E-state index contributed by atoms with van der Waals surface area (Å²) in [5, 5.41) is 7.57. The molecule has 0 aliphatic carbocycles. The number of carbonyl (C=O) groups excluding carboxylic acids is 2. The standard InChI is InChI=1S/C14H21ClN4O2/c1-6-9-12(20)19(14(3,4)13(21)16-9)7-10-11(15)8(2)17-18(10)5/h9H,6-7H2,1-5H3,(H,16,21). The molecule has 2 heterocycles. The van der Waals surface area contributed by atoms with Gasteiger partial charge in [0.15, 0.2) is 0 Å². The average Bonchev–Trinajstić information content (AvgIpc) is 2.64. The van der Waals surface area contributed by atoms with Crippen LogP contribution in [0.5, 0.6) is 0 Å². The highest BCUT2D eigenvalue weighted by atomic mass is 35.5. The number of nitrogens with zero attached hydrogens (tertiary/aromatic N) is 3. The van der Waals surface area contributed by atoms with E-state index in [4.69, 9.17) is 11.6 Å². The number of nitrogens with one attached hydrogen (secondary N) is 1. The van der Waals surface area contributed by atoms with Crippen LogP contribution in [0.25, 0.3) is 0 Å². The van der Waals surface area contributed by atoms with E-state index >= 15 is 0 Å². The summed E-state index contributed by atoms with van der Waals surface area (Å²) < 4.78 is 1.66. The Morgan fingerprint density at radius 3 is 2.48 bits per heavy atom. The molecule has 0 aromatic carbocycles. The third-order valence-electron chi connectivity index (χ3n) is 4.08. The Morgan fingerprint density at radius 1 is 1.38 bits per heavy atom. The van der Waals surface area contributed by atoms with Crippen LogP contribution in [0, 0.1) is 6.92 Å². The van der Waals surface area contributed by atoms with Gasteiger partial charge in [0.1, 0.15) is 11.6 Å². The van der Waals surface area contributed by atoms with Crippen LogP contribution < -0.4 is 5.32 Å². The maximum atomic E-state index is 12.6. The monoisotopic (exact) mass is 312 g/mol. The summed E-state index contributed by atoms with van der Waals surface area (Å²) in [6, 6.07) is -0.473. The summed E-state index contributed by atoms with van der Waals surface area (Å²) in [7, 11) is 1.78. The van der Waals surface area contributed by atoms with Gasteiger partial charge < -0.3 is 10.2 Å². The molecule has 1 atom stereocenters. The van der Waals surface area contributed by atoms with Crippen LogP contribution in [0.15, 0.2) is 0 Å². The number of aryl methyl sites for hydroxylation is 2. The molecule has 1 aliphatic rings. The summed E-state index contributed by atoms with van der Waals surface area (Å²) in [5.74, 6) is -0.235. The number of carbonyl (C=O) groups is 2. The van der Waals surface area contributed by atoms with E-state index in [0.29, 0.717) is 17.1 Å². The molecule has 2 rings (SSSR count). The molecule has 1 saturated heterocycles. The third-order valence-corrected chi connectivity index (χ3v) is 4.57. The summed E-state index contributed by atoms with van der Waals surface area (Å²) >= 11 is 6.26. The molecule has 7 heteroatoms. The van der Waals surface area contributed by atoms with Crippen LogP contribution in [-0.4, -0.2) is 38.1 Å². The maximum absolute atomic E-state index is 12.6. The molecule has 116 valence electrons. The number of hydrogen-bond acceptors (Lipinski definition) is 3. The molecule has 6 nitrogen and oxygen atoms in total. The fraction of sp³-hybridized carbons (Fsp3) is 0.643. The van der Waals surface area contributed by atoms with Crippen molar-refractivity contribution in [1.29, 1.82) is 0 Å². The predicted octanol–water partition coefficient (Wildman–Crippen LogP) is 1.40. The van der Waals surface area contributed by atoms with Gasteiger partial charge in [0.2, 0.25) is 11.8 Å². The Balaban J connectivity index is 2.39. The molecule has 0 radical (unpaired) electrons. The average molecular weight is 313 g/mol. The van der Waals surface area contributed by atoms with Crippen LogP contribution in [0.1, 0.15) is 38.6 Å². The highest BCUT2D eigenvalue weighted by Crippen LogP contribution is 2.28. The quantitative estimate of drug-likeness (QED) is 0.917. The van der Waals surface area contributed by atoms with E-state index in [0.717, 1.165) is 5.69 Å². The van der Waals surface area contributed by atoms with Crippen LogP contribution in [0.4, 0.5) is 0 Å². The van der Waals surface area contributed by atoms with Gasteiger partial charge in [-0.25, -0.2) is 0 Å². The van der Waals surface area contributed by atoms with Crippen LogP contribution in [0.2, 0.25) is 5.02 Å². The van der Waals surface area contributed by atoms with Crippen molar-refractivity contribution in [2.45, 2.75) is 52.2 Å². The van der Waals surface area contributed by atoms with Gasteiger partial charge >= 0.3 is 0 Å². The Labute approximate surface area is 129 Å². The first-order valence-corrected chi connectivity index (χ1v) is 7.38. The molecule has 1 fully saturated rings. The van der Waals surface area contributed by atoms with Gasteiger partial charge in [0, 0.05) is 7.05 Å². The lowest BCUT2D eigenvalue weighted by Crippen LogP contribution is -2.67. The first kappa shape index (κ1) is 15.8. The van der Waals surface area contributed by atoms with Gasteiger partial charge in [0.25, 0.3) is 0 Å². The minimum absolute atomic E-state index is 0.0861. The molecule has 21 heavy (non-hydrogen) atoms. The van der Waals surface area contributed by atoms with Gasteiger partial charge in [-0.1, -0.05) is 18.5 Å². The Bertz CT molecular complexity index is 594. The molecule has 1 aromatic rings. The van der Waals surface area contributed by atoms with E-state index in [1.165, 1.54) is 0 Å². The molecule has 0 spiro atoms. The second-order valence-corrected chi connectivity index (χ2v) is 6.27. The first-order valence-electron chi connectivity index (χ1n) is 7.00. The highest BCUT2D eigenvalue weighted by Gasteiger charge is 2.46. The Morgan fingerprint density at radius 2 is 2.00 bits per heavy atom. The second kappa shape index (κ2) is 5.33. The van der Waals surface area contributed by atoms with Crippen molar-refractivity contribution in [3.8, 4) is 0 Å². The lowest BCUT2D eigenvalue weighted by atomic mass is 9.94. The summed E-state index contributed by atoms with van der Waals surface area (Å²) in [4.78, 5) is 26.4. The number of rotatable bonds is 3. The zero-order chi connectivity index (χ0) is 15.9. The minimum Gasteiger partial charge on any atom is -0.342 e. The molecule has 0 saturated carbocycles. The summed E-state index contributed by atoms with van der Waals surface area (Å²) in [5.41, 5.74) is 0.539. The van der Waals surface area contributed by atoms with E-state index in [1.807, 2.05) is 13.8 Å². The zero-order valence-corrected chi connectivity index (χ0v) is 13.8. The van der Waals surface area contributed by atoms with Gasteiger partial charge in [0.05, 0.1) is 23.0 Å². The van der Waals surface area contributed by atoms with Gasteiger partial charge in [-0.2, -0.15) is 5.10 Å². The number of amides is 2. The molecular weight excluding hydrogens is 292 g/mol. The number of hydrogen-bond donors (Lipinski definition) is 1. The number of aromatic nitrogens is 2. The third kappa shape index (κ3) is 2.52. The van der Waals surface area contributed by atoms with Crippen molar-refractivity contribution in [1.82, 2.24) is 20.0 Å². The molecule has 2 amide bonds. The fourth-order valence-electron chi connectivity index (χ4n) is 2.54. The van der Waals surface area contributed by atoms with Crippen molar-refractivity contribution >= 4 is 23.4 Å². The van der Waals surface area contributed by atoms with Crippen LogP contribution in [0.3, 0.4) is 0 Å². The topological polar surface area (TPSA) is 67.2 Å². The van der Waals surface area contributed by atoms with Crippen molar-refractivity contribution in [3.05, 3.63) is 16.4 Å². The Kier molecular flexibility index (Phi) is 4.02. The van der Waals surface area contributed by atoms with Crippen LogP contribution in [-0.2, 0) is 23.2 Å². The minimum atomic E-state index is -0.912. The van der Waals surface area contributed by atoms with Gasteiger partial charge in [-0.15, -0.1) is 0 Å². The molecule has 1 aromatic heterocycles. The van der Waals surface area contributed by atoms with Gasteiger partial charge in [-0.3, -0.25) is 14.3 Å². The maximum Gasteiger partial charge on any atom is 0.246 e. The molecule has 1 aliphatic heterocycles. The lowest BCUT2D eigenvalue weighted by Gasteiger charge is -2.44. The molecule has 0 bridgehead atoms. The number of piperazine rings is 1. The Hall–Kier alpha value is -1.56. The lowest BCUT2D eigenvalue weighted by molar-refractivity contribution is -0.156. The summed E-state index contributed by atoms with van der Waals surface area (Å²) in [6.45, 7) is 7.44. The largest absolute Gasteiger partial charge is 0.342 e.